The zero-order chi connectivity index (χ0) is 26.9. The second kappa shape index (κ2) is 13.5. The fourth-order valence-corrected chi connectivity index (χ4v) is 4.80. The van der Waals surface area contributed by atoms with Gasteiger partial charge in [-0.25, -0.2) is 8.42 Å². The molecule has 0 saturated carbocycles. The first kappa shape index (κ1) is 29.5. The lowest BCUT2D eigenvalue weighted by Crippen LogP contribution is -2.48. The summed E-state index contributed by atoms with van der Waals surface area (Å²) in [5.74, 6) is 0.405. The second-order valence-corrected chi connectivity index (χ2v) is 11.4. The van der Waals surface area contributed by atoms with Gasteiger partial charge in [-0.3, -0.25) is 13.9 Å². The van der Waals surface area contributed by atoms with E-state index in [0.717, 1.165) is 11.8 Å². The SMILES string of the molecule is COc1ccc(N(CCCC(=O)N(Cc2cccc(Cl)c2)[C@@H](C)C(=O)NCC(C)C)S(C)(=O)=O)cc1. The van der Waals surface area contributed by atoms with Crippen molar-refractivity contribution >= 4 is 39.1 Å². The van der Waals surface area contributed by atoms with Crippen molar-refractivity contribution in [3.63, 3.8) is 0 Å². The molecule has 2 rings (SSSR count). The van der Waals surface area contributed by atoms with Crippen LogP contribution in [0, 0.1) is 5.92 Å². The van der Waals surface area contributed by atoms with Gasteiger partial charge in [-0.1, -0.05) is 37.6 Å². The average Bonchev–Trinajstić information content (AvgIpc) is 2.82. The highest BCUT2D eigenvalue weighted by Crippen LogP contribution is 2.22. The number of halogens is 1. The number of amides is 2. The van der Waals surface area contributed by atoms with E-state index >= 15 is 0 Å². The fraction of sp³-hybridized carbons (Fsp3) is 0.462. The number of hydrogen-bond acceptors (Lipinski definition) is 5. The first-order valence-electron chi connectivity index (χ1n) is 11.9. The lowest BCUT2D eigenvalue weighted by atomic mass is 10.1. The van der Waals surface area contributed by atoms with Crippen molar-refractivity contribution in [1.82, 2.24) is 10.2 Å². The van der Waals surface area contributed by atoms with Crippen molar-refractivity contribution in [2.75, 3.05) is 30.8 Å². The third-order valence-electron chi connectivity index (χ3n) is 5.61. The van der Waals surface area contributed by atoms with Crippen LogP contribution in [-0.4, -0.2) is 57.6 Å². The van der Waals surface area contributed by atoms with E-state index in [1.54, 1.807) is 49.4 Å². The molecule has 10 heteroatoms. The predicted molar refractivity (Wildman–Crippen MR) is 144 cm³/mol. The molecule has 0 fully saturated rings. The topological polar surface area (TPSA) is 96.0 Å². The summed E-state index contributed by atoms with van der Waals surface area (Å²) in [5.41, 5.74) is 1.29. The third kappa shape index (κ3) is 9.02. The van der Waals surface area contributed by atoms with Crippen molar-refractivity contribution in [3.8, 4) is 5.75 Å². The molecule has 2 amide bonds. The van der Waals surface area contributed by atoms with Crippen LogP contribution < -0.4 is 14.4 Å². The molecule has 0 bridgehead atoms. The lowest BCUT2D eigenvalue weighted by Gasteiger charge is -2.29. The monoisotopic (exact) mass is 537 g/mol. The Morgan fingerprint density at radius 3 is 2.31 bits per heavy atom. The Kier molecular flexibility index (Phi) is 11.0. The van der Waals surface area contributed by atoms with Gasteiger partial charge in [-0.05, 0) is 61.2 Å². The van der Waals surface area contributed by atoms with Gasteiger partial charge in [-0.2, -0.15) is 0 Å². The second-order valence-electron chi connectivity index (χ2n) is 9.10. The highest BCUT2D eigenvalue weighted by atomic mass is 35.5. The number of carbonyl (C=O) groups is 2. The Hall–Kier alpha value is -2.78. The minimum Gasteiger partial charge on any atom is -0.497 e. The van der Waals surface area contributed by atoms with Crippen LogP contribution in [0.3, 0.4) is 0 Å². The molecule has 0 aliphatic heterocycles. The van der Waals surface area contributed by atoms with Crippen LogP contribution in [0.15, 0.2) is 48.5 Å². The maximum absolute atomic E-state index is 13.3. The van der Waals surface area contributed by atoms with Crippen LogP contribution in [0.5, 0.6) is 5.75 Å². The van der Waals surface area contributed by atoms with Crippen LogP contribution in [-0.2, 0) is 26.2 Å². The Bertz CT molecular complexity index is 1120. The van der Waals surface area contributed by atoms with Crippen molar-refractivity contribution < 1.29 is 22.7 Å². The standard InChI is InChI=1S/C26H36ClN3O5S/c1-19(2)17-28-26(32)20(3)29(18-21-8-6-9-22(27)16-21)25(31)10-7-15-30(36(5,33)34)23-11-13-24(35-4)14-12-23/h6,8-9,11-14,16,19-20H,7,10,15,17-18H2,1-5H3,(H,28,32)/t20-/m0/s1. The molecular formula is C26H36ClN3O5S. The van der Waals surface area contributed by atoms with Crippen LogP contribution in [0.25, 0.3) is 0 Å². The number of nitrogens with zero attached hydrogens (tertiary/aromatic N) is 2. The highest BCUT2D eigenvalue weighted by molar-refractivity contribution is 7.92. The third-order valence-corrected chi connectivity index (χ3v) is 7.04. The summed E-state index contributed by atoms with van der Waals surface area (Å²) in [4.78, 5) is 27.6. The highest BCUT2D eigenvalue weighted by Gasteiger charge is 2.26. The van der Waals surface area contributed by atoms with Gasteiger partial charge in [0.1, 0.15) is 11.8 Å². The van der Waals surface area contributed by atoms with E-state index in [-0.39, 0.29) is 43.7 Å². The minimum atomic E-state index is -3.57. The number of sulfonamides is 1. The first-order chi connectivity index (χ1) is 16.9. The number of ether oxygens (including phenoxy) is 1. The zero-order valence-corrected chi connectivity index (χ0v) is 23.1. The molecule has 0 saturated heterocycles. The van der Waals surface area contributed by atoms with Crippen molar-refractivity contribution in [2.45, 2.75) is 46.2 Å². The molecule has 1 atom stereocenters. The van der Waals surface area contributed by atoms with Crippen molar-refractivity contribution in [3.05, 3.63) is 59.1 Å². The Morgan fingerprint density at radius 1 is 1.08 bits per heavy atom. The molecule has 0 aromatic heterocycles. The van der Waals surface area contributed by atoms with E-state index in [4.69, 9.17) is 16.3 Å². The maximum atomic E-state index is 13.3. The van der Waals surface area contributed by atoms with E-state index < -0.39 is 16.1 Å². The molecule has 2 aromatic carbocycles. The van der Waals surface area contributed by atoms with Gasteiger partial charge < -0.3 is 15.0 Å². The Morgan fingerprint density at radius 2 is 1.75 bits per heavy atom. The van der Waals surface area contributed by atoms with E-state index in [9.17, 15) is 18.0 Å². The molecule has 0 spiro atoms. The molecule has 0 radical (unpaired) electrons. The van der Waals surface area contributed by atoms with Crippen molar-refractivity contribution in [2.24, 2.45) is 5.92 Å². The summed E-state index contributed by atoms with van der Waals surface area (Å²) in [5, 5.41) is 3.42. The summed E-state index contributed by atoms with van der Waals surface area (Å²) in [6.45, 7) is 6.53. The molecule has 0 aliphatic carbocycles. The molecule has 36 heavy (non-hydrogen) atoms. The molecule has 0 heterocycles. The van der Waals surface area contributed by atoms with Gasteiger partial charge in [0.25, 0.3) is 0 Å². The minimum absolute atomic E-state index is 0.0739. The van der Waals surface area contributed by atoms with Crippen LogP contribution >= 0.6 is 11.6 Å². The number of nitrogens with one attached hydrogen (secondary N) is 1. The zero-order valence-electron chi connectivity index (χ0n) is 21.5. The van der Waals surface area contributed by atoms with Gasteiger partial charge in [0.2, 0.25) is 21.8 Å². The molecule has 8 nitrogen and oxygen atoms in total. The van der Waals surface area contributed by atoms with E-state index in [2.05, 4.69) is 5.32 Å². The summed E-state index contributed by atoms with van der Waals surface area (Å²) >= 11 is 6.12. The lowest BCUT2D eigenvalue weighted by molar-refractivity contribution is -0.140. The number of hydrogen-bond donors (Lipinski definition) is 1. The van der Waals surface area contributed by atoms with E-state index in [1.165, 1.54) is 16.3 Å². The fourth-order valence-electron chi connectivity index (χ4n) is 3.62. The Balaban J connectivity index is 2.15. The van der Waals surface area contributed by atoms with Gasteiger partial charge in [0.15, 0.2) is 0 Å². The predicted octanol–water partition coefficient (Wildman–Crippen LogP) is 4.08. The van der Waals surface area contributed by atoms with Crippen molar-refractivity contribution in [1.29, 1.82) is 0 Å². The number of anilines is 1. The molecule has 2 aromatic rings. The number of rotatable bonds is 13. The van der Waals surface area contributed by atoms with Gasteiger partial charge in [-0.15, -0.1) is 0 Å². The number of carbonyl (C=O) groups excluding carboxylic acids is 2. The van der Waals surface area contributed by atoms with Crippen LogP contribution in [0.4, 0.5) is 5.69 Å². The summed E-state index contributed by atoms with van der Waals surface area (Å²) in [6.07, 6.45) is 1.49. The largest absolute Gasteiger partial charge is 0.497 e. The van der Waals surface area contributed by atoms with Gasteiger partial charge >= 0.3 is 0 Å². The average molecular weight is 538 g/mol. The number of methoxy groups -OCH3 is 1. The maximum Gasteiger partial charge on any atom is 0.242 e. The summed E-state index contributed by atoms with van der Waals surface area (Å²) in [7, 11) is -2.03. The molecule has 1 N–H and O–H groups in total. The molecule has 198 valence electrons. The summed E-state index contributed by atoms with van der Waals surface area (Å²) < 4.78 is 31.3. The van der Waals surface area contributed by atoms with Crippen LogP contribution in [0.1, 0.15) is 39.2 Å². The normalized spacial score (nSPS) is 12.2. The quantitative estimate of drug-likeness (QED) is 0.415. The Labute approximate surface area is 219 Å². The van der Waals surface area contributed by atoms with E-state index in [0.29, 0.717) is 23.0 Å². The molecule has 0 unspecified atom stereocenters. The first-order valence-corrected chi connectivity index (χ1v) is 14.1. The van der Waals surface area contributed by atoms with Gasteiger partial charge in [0, 0.05) is 31.1 Å². The summed E-state index contributed by atoms with van der Waals surface area (Å²) in [6, 6.07) is 13.1. The van der Waals surface area contributed by atoms with Crippen LogP contribution in [0.2, 0.25) is 5.02 Å². The number of benzene rings is 2. The molecular weight excluding hydrogens is 502 g/mol. The molecule has 0 aliphatic rings. The van der Waals surface area contributed by atoms with E-state index in [1.807, 2.05) is 19.9 Å². The van der Waals surface area contributed by atoms with Gasteiger partial charge in [0.05, 0.1) is 19.1 Å². The smallest absolute Gasteiger partial charge is 0.242 e.